The number of hydrogen-bond donors (Lipinski definition) is 2. The molecule has 0 radical (unpaired) electrons. The van der Waals surface area contributed by atoms with Crippen LogP contribution in [0.1, 0.15) is 27.2 Å². The van der Waals surface area contributed by atoms with Crippen LogP contribution in [0, 0.1) is 6.92 Å². The molecule has 7 nitrogen and oxygen atoms in total. The summed E-state index contributed by atoms with van der Waals surface area (Å²) < 4.78 is 11.3. The predicted octanol–water partition coefficient (Wildman–Crippen LogP) is 4.74. The number of carbonyl (C=O) groups excluding carboxylic acids is 1. The normalized spacial score (nSPS) is 10.8. The van der Waals surface area contributed by atoms with Crippen molar-refractivity contribution in [2.24, 2.45) is 5.10 Å². The summed E-state index contributed by atoms with van der Waals surface area (Å²) in [5, 5.41) is 11.0. The van der Waals surface area contributed by atoms with Gasteiger partial charge in [0.25, 0.3) is 5.91 Å². The fourth-order valence-corrected chi connectivity index (χ4v) is 3.15. The second-order valence-corrected chi connectivity index (χ2v) is 7.42. The Hall–Kier alpha value is -4.39. The molecular formula is C26H24N4O3. The van der Waals surface area contributed by atoms with Crippen LogP contribution < -0.4 is 14.9 Å². The minimum absolute atomic E-state index is 0.324. The number of amides is 1. The van der Waals surface area contributed by atoms with E-state index in [-0.39, 0.29) is 5.91 Å². The molecule has 1 amide bonds. The van der Waals surface area contributed by atoms with E-state index in [1.807, 2.05) is 73.7 Å². The van der Waals surface area contributed by atoms with E-state index in [0.29, 0.717) is 29.5 Å². The van der Waals surface area contributed by atoms with Gasteiger partial charge in [0.1, 0.15) is 12.3 Å². The van der Waals surface area contributed by atoms with Gasteiger partial charge in [0, 0.05) is 5.56 Å². The average Bonchev–Trinajstić information content (AvgIpc) is 3.34. The summed E-state index contributed by atoms with van der Waals surface area (Å²) in [4.78, 5) is 12.4. The van der Waals surface area contributed by atoms with Crippen LogP contribution >= 0.6 is 0 Å². The van der Waals surface area contributed by atoms with E-state index in [1.54, 1.807) is 25.5 Å². The zero-order valence-corrected chi connectivity index (χ0v) is 18.4. The van der Waals surface area contributed by atoms with Gasteiger partial charge in [-0.1, -0.05) is 60.2 Å². The third-order valence-electron chi connectivity index (χ3n) is 4.97. The molecule has 33 heavy (non-hydrogen) atoms. The SMILES string of the molecule is COc1cc(/C=N\NC(=O)c2cc(-c3ccc(C)cc3)n[nH]2)ccc1OCc1ccccc1. The van der Waals surface area contributed by atoms with Crippen molar-refractivity contribution in [2.45, 2.75) is 13.5 Å². The molecule has 7 heteroatoms. The molecule has 0 bridgehead atoms. The maximum absolute atomic E-state index is 12.4. The third-order valence-corrected chi connectivity index (χ3v) is 4.97. The van der Waals surface area contributed by atoms with Gasteiger partial charge in [0.05, 0.1) is 19.0 Å². The molecule has 3 aromatic carbocycles. The predicted molar refractivity (Wildman–Crippen MR) is 128 cm³/mol. The quantitative estimate of drug-likeness (QED) is 0.306. The van der Waals surface area contributed by atoms with Crippen molar-refractivity contribution in [3.63, 3.8) is 0 Å². The van der Waals surface area contributed by atoms with Gasteiger partial charge in [-0.2, -0.15) is 10.2 Å². The van der Waals surface area contributed by atoms with Crippen molar-refractivity contribution in [1.82, 2.24) is 15.6 Å². The Morgan fingerprint density at radius 3 is 2.58 bits per heavy atom. The highest BCUT2D eigenvalue weighted by molar-refractivity contribution is 5.94. The molecule has 0 fully saturated rings. The van der Waals surface area contributed by atoms with Gasteiger partial charge >= 0.3 is 0 Å². The number of aryl methyl sites for hydroxylation is 1. The lowest BCUT2D eigenvalue weighted by molar-refractivity contribution is 0.0950. The Balaban J connectivity index is 1.36. The van der Waals surface area contributed by atoms with Crippen LogP contribution in [-0.2, 0) is 6.61 Å². The number of hydrogen-bond acceptors (Lipinski definition) is 5. The Bertz CT molecular complexity index is 1250. The average molecular weight is 441 g/mol. The topological polar surface area (TPSA) is 88.6 Å². The molecule has 0 saturated heterocycles. The number of H-pyrrole nitrogens is 1. The number of nitrogens with zero attached hydrogens (tertiary/aromatic N) is 2. The summed E-state index contributed by atoms with van der Waals surface area (Å²) in [5.74, 6) is 0.827. The molecule has 166 valence electrons. The Morgan fingerprint density at radius 2 is 1.82 bits per heavy atom. The number of rotatable bonds is 8. The highest BCUT2D eigenvalue weighted by Crippen LogP contribution is 2.28. The van der Waals surface area contributed by atoms with E-state index in [2.05, 4.69) is 20.7 Å². The van der Waals surface area contributed by atoms with Crippen LogP contribution in [0.3, 0.4) is 0 Å². The summed E-state index contributed by atoms with van der Waals surface area (Å²) in [6.45, 7) is 2.46. The summed E-state index contributed by atoms with van der Waals surface area (Å²) in [7, 11) is 1.58. The first kappa shape index (κ1) is 21.8. The van der Waals surface area contributed by atoms with Crippen molar-refractivity contribution in [1.29, 1.82) is 0 Å². The molecule has 0 spiro atoms. The van der Waals surface area contributed by atoms with Gasteiger partial charge in [0.2, 0.25) is 0 Å². The Labute approximate surface area is 192 Å². The number of nitrogens with one attached hydrogen (secondary N) is 2. The second kappa shape index (κ2) is 10.3. The first-order chi connectivity index (χ1) is 16.1. The molecule has 1 aromatic heterocycles. The van der Waals surface area contributed by atoms with E-state index in [4.69, 9.17) is 9.47 Å². The fraction of sp³-hybridized carbons (Fsp3) is 0.115. The van der Waals surface area contributed by atoms with Crippen molar-refractivity contribution >= 4 is 12.1 Å². The molecule has 4 aromatic rings. The summed E-state index contributed by atoms with van der Waals surface area (Å²) in [5.41, 5.74) is 7.44. The minimum atomic E-state index is -0.383. The van der Waals surface area contributed by atoms with Crippen LogP contribution in [0.4, 0.5) is 0 Å². The van der Waals surface area contributed by atoms with Gasteiger partial charge in [0.15, 0.2) is 11.5 Å². The first-order valence-corrected chi connectivity index (χ1v) is 10.4. The zero-order valence-electron chi connectivity index (χ0n) is 18.4. The van der Waals surface area contributed by atoms with Gasteiger partial charge in [-0.25, -0.2) is 5.43 Å². The number of methoxy groups -OCH3 is 1. The molecule has 0 atom stereocenters. The molecule has 2 N–H and O–H groups in total. The van der Waals surface area contributed by atoms with Crippen LogP contribution in [0.2, 0.25) is 0 Å². The summed E-state index contributed by atoms with van der Waals surface area (Å²) >= 11 is 0. The van der Waals surface area contributed by atoms with Crippen LogP contribution in [-0.4, -0.2) is 29.4 Å². The number of hydrazone groups is 1. The summed E-state index contributed by atoms with van der Waals surface area (Å²) in [6.07, 6.45) is 1.54. The number of benzene rings is 3. The van der Waals surface area contributed by atoms with Crippen molar-refractivity contribution in [2.75, 3.05) is 7.11 Å². The number of aromatic nitrogens is 2. The minimum Gasteiger partial charge on any atom is -0.493 e. The van der Waals surface area contributed by atoms with Gasteiger partial charge in [-0.05, 0) is 42.3 Å². The largest absolute Gasteiger partial charge is 0.493 e. The van der Waals surface area contributed by atoms with Crippen LogP contribution in [0.25, 0.3) is 11.3 Å². The maximum atomic E-state index is 12.4. The van der Waals surface area contributed by atoms with Crippen LogP contribution in [0.5, 0.6) is 11.5 Å². The standard InChI is InChI=1S/C26H24N4O3/c1-18-8-11-21(12-9-18)22-15-23(29-28-22)26(31)30-27-16-20-10-13-24(25(14-20)32-2)33-17-19-6-4-3-5-7-19/h3-16H,17H2,1-2H3,(H,28,29)(H,30,31)/b27-16-. The molecule has 0 aliphatic carbocycles. The Morgan fingerprint density at radius 1 is 1.03 bits per heavy atom. The van der Waals surface area contributed by atoms with Gasteiger partial charge in [-0.3, -0.25) is 9.89 Å². The first-order valence-electron chi connectivity index (χ1n) is 10.4. The van der Waals surface area contributed by atoms with E-state index in [0.717, 1.165) is 22.3 Å². The van der Waals surface area contributed by atoms with E-state index >= 15 is 0 Å². The fourth-order valence-electron chi connectivity index (χ4n) is 3.15. The van der Waals surface area contributed by atoms with E-state index < -0.39 is 0 Å². The lowest BCUT2D eigenvalue weighted by atomic mass is 10.1. The molecule has 0 saturated carbocycles. The lowest BCUT2D eigenvalue weighted by Gasteiger charge is -2.11. The summed E-state index contributed by atoms with van der Waals surface area (Å²) in [6, 6.07) is 25.0. The van der Waals surface area contributed by atoms with Gasteiger partial charge < -0.3 is 9.47 Å². The van der Waals surface area contributed by atoms with Crippen molar-refractivity contribution in [3.05, 3.63) is 101 Å². The molecule has 4 rings (SSSR count). The molecule has 1 heterocycles. The lowest BCUT2D eigenvalue weighted by Crippen LogP contribution is -2.18. The monoisotopic (exact) mass is 440 g/mol. The third kappa shape index (κ3) is 5.65. The molecule has 0 aliphatic heterocycles. The highest BCUT2D eigenvalue weighted by atomic mass is 16.5. The number of aromatic amines is 1. The van der Waals surface area contributed by atoms with Crippen molar-refractivity contribution in [3.8, 4) is 22.8 Å². The molecule has 0 aliphatic rings. The Kier molecular flexibility index (Phi) is 6.80. The van der Waals surface area contributed by atoms with E-state index in [1.165, 1.54) is 0 Å². The van der Waals surface area contributed by atoms with Crippen molar-refractivity contribution < 1.29 is 14.3 Å². The van der Waals surface area contributed by atoms with Gasteiger partial charge in [-0.15, -0.1) is 0 Å². The second-order valence-electron chi connectivity index (χ2n) is 7.42. The molecular weight excluding hydrogens is 416 g/mol. The van der Waals surface area contributed by atoms with Crippen LogP contribution in [0.15, 0.2) is 84.0 Å². The van der Waals surface area contributed by atoms with E-state index in [9.17, 15) is 4.79 Å². The maximum Gasteiger partial charge on any atom is 0.289 e. The zero-order chi connectivity index (χ0) is 23.0. The number of ether oxygens (including phenoxy) is 2. The number of carbonyl (C=O) groups is 1. The highest BCUT2D eigenvalue weighted by Gasteiger charge is 2.10. The smallest absolute Gasteiger partial charge is 0.289 e. The molecule has 0 unspecified atom stereocenters.